The molecule has 0 aliphatic rings. The van der Waals surface area contributed by atoms with Crippen LogP contribution in [0.4, 0.5) is 11.5 Å². The van der Waals surface area contributed by atoms with Crippen LogP contribution in [0.15, 0.2) is 48.7 Å². The second-order valence-corrected chi connectivity index (χ2v) is 4.15. The third-order valence-corrected chi connectivity index (χ3v) is 2.64. The molecule has 2 rings (SSSR count). The number of benzene rings is 1. The Morgan fingerprint density at radius 2 is 1.95 bits per heavy atom. The summed E-state index contributed by atoms with van der Waals surface area (Å²) in [6, 6.07) is 12.0. The average molecular weight is 269 g/mol. The first-order valence-corrected chi connectivity index (χ1v) is 6.31. The monoisotopic (exact) mass is 269 g/mol. The van der Waals surface area contributed by atoms with E-state index in [9.17, 15) is 9.59 Å². The lowest BCUT2D eigenvalue weighted by molar-refractivity contribution is -0.115. The van der Waals surface area contributed by atoms with E-state index in [2.05, 4.69) is 15.6 Å². The maximum Gasteiger partial charge on any atom is 0.256 e. The number of pyridine rings is 1. The lowest BCUT2D eigenvalue weighted by Crippen LogP contribution is -2.14. The van der Waals surface area contributed by atoms with Crippen molar-refractivity contribution in [3.8, 4) is 0 Å². The number of nitrogens with zero attached hydrogens (tertiary/aromatic N) is 1. The summed E-state index contributed by atoms with van der Waals surface area (Å²) in [5, 5.41) is 5.41. The minimum absolute atomic E-state index is 0.0905. The Hall–Kier alpha value is -2.69. The van der Waals surface area contributed by atoms with Gasteiger partial charge in [-0.3, -0.25) is 9.59 Å². The molecule has 102 valence electrons. The van der Waals surface area contributed by atoms with Crippen molar-refractivity contribution in [1.82, 2.24) is 4.98 Å². The second-order valence-electron chi connectivity index (χ2n) is 4.15. The Bertz CT molecular complexity index is 612. The van der Waals surface area contributed by atoms with Crippen molar-refractivity contribution in [2.45, 2.75) is 13.3 Å². The van der Waals surface area contributed by atoms with Crippen LogP contribution >= 0.6 is 0 Å². The molecule has 0 aliphatic carbocycles. The molecular weight excluding hydrogens is 254 g/mol. The van der Waals surface area contributed by atoms with Gasteiger partial charge in [-0.2, -0.15) is 0 Å². The van der Waals surface area contributed by atoms with E-state index in [0.717, 1.165) is 0 Å². The first-order chi connectivity index (χ1) is 9.69. The minimum Gasteiger partial charge on any atom is -0.326 e. The summed E-state index contributed by atoms with van der Waals surface area (Å²) in [5.41, 5.74) is 1.06. The zero-order valence-corrected chi connectivity index (χ0v) is 11.1. The molecule has 0 aliphatic heterocycles. The number of nitrogens with one attached hydrogen (secondary N) is 2. The molecule has 0 radical (unpaired) electrons. The van der Waals surface area contributed by atoms with Gasteiger partial charge in [-0.15, -0.1) is 0 Å². The van der Waals surface area contributed by atoms with Crippen molar-refractivity contribution in [3.05, 3.63) is 54.2 Å². The Morgan fingerprint density at radius 1 is 1.10 bits per heavy atom. The molecule has 20 heavy (non-hydrogen) atoms. The maximum absolute atomic E-state index is 12.1. The summed E-state index contributed by atoms with van der Waals surface area (Å²) >= 11 is 0. The van der Waals surface area contributed by atoms with Crippen LogP contribution in [0.25, 0.3) is 0 Å². The molecule has 0 fully saturated rings. The van der Waals surface area contributed by atoms with E-state index in [1.807, 2.05) is 0 Å². The molecule has 0 atom stereocenters. The fourth-order valence-electron chi connectivity index (χ4n) is 1.61. The van der Waals surface area contributed by atoms with Gasteiger partial charge in [0, 0.05) is 23.9 Å². The zero-order chi connectivity index (χ0) is 14.4. The van der Waals surface area contributed by atoms with Gasteiger partial charge in [0.25, 0.3) is 5.91 Å². The molecular formula is C15H15N3O2. The van der Waals surface area contributed by atoms with Gasteiger partial charge in [0.05, 0.1) is 0 Å². The lowest BCUT2D eigenvalue weighted by atomic mass is 10.2. The van der Waals surface area contributed by atoms with E-state index in [4.69, 9.17) is 0 Å². The van der Waals surface area contributed by atoms with Gasteiger partial charge in [-0.25, -0.2) is 4.98 Å². The van der Waals surface area contributed by atoms with Gasteiger partial charge in [-0.1, -0.05) is 19.1 Å². The molecule has 2 aromatic rings. The van der Waals surface area contributed by atoms with Crippen LogP contribution in [-0.4, -0.2) is 16.8 Å². The number of hydrogen-bond donors (Lipinski definition) is 2. The quantitative estimate of drug-likeness (QED) is 0.896. The van der Waals surface area contributed by atoms with Gasteiger partial charge >= 0.3 is 0 Å². The molecule has 2 amide bonds. The van der Waals surface area contributed by atoms with E-state index < -0.39 is 0 Å². The third kappa shape index (κ3) is 3.65. The minimum atomic E-state index is -0.267. The van der Waals surface area contributed by atoms with Gasteiger partial charge in [0.1, 0.15) is 5.82 Å². The summed E-state index contributed by atoms with van der Waals surface area (Å²) in [6.07, 6.45) is 2.00. The Kier molecular flexibility index (Phi) is 4.44. The van der Waals surface area contributed by atoms with Crippen LogP contribution in [0.5, 0.6) is 0 Å². The van der Waals surface area contributed by atoms with E-state index in [1.54, 1.807) is 55.6 Å². The number of carbonyl (C=O) groups excluding carboxylic acids is 2. The number of rotatable bonds is 4. The molecule has 0 saturated heterocycles. The molecule has 0 bridgehead atoms. The normalized spacial score (nSPS) is 9.85. The van der Waals surface area contributed by atoms with Crippen molar-refractivity contribution in [2.75, 3.05) is 10.6 Å². The van der Waals surface area contributed by atoms with Gasteiger partial charge in [0.15, 0.2) is 0 Å². The standard InChI is InChI=1S/C15H15N3O2/c1-2-14(19)17-12-7-5-6-11(10-12)15(20)18-13-8-3-4-9-16-13/h3-10H,2H2,1H3,(H,17,19)(H,16,18,20). The van der Waals surface area contributed by atoms with Crippen LogP contribution in [0.2, 0.25) is 0 Å². The summed E-state index contributed by atoms with van der Waals surface area (Å²) in [5.74, 6) is 0.129. The number of hydrogen-bond acceptors (Lipinski definition) is 3. The van der Waals surface area contributed by atoms with Crippen molar-refractivity contribution in [2.24, 2.45) is 0 Å². The van der Waals surface area contributed by atoms with E-state index >= 15 is 0 Å². The van der Waals surface area contributed by atoms with Crippen LogP contribution in [0, 0.1) is 0 Å². The lowest BCUT2D eigenvalue weighted by Gasteiger charge is -2.07. The molecule has 5 nitrogen and oxygen atoms in total. The molecule has 2 N–H and O–H groups in total. The van der Waals surface area contributed by atoms with Crippen molar-refractivity contribution in [1.29, 1.82) is 0 Å². The highest BCUT2D eigenvalue weighted by molar-refractivity contribution is 6.04. The first-order valence-electron chi connectivity index (χ1n) is 6.31. The van der Waals surface area contributed by atoms with Crippen molar-refractivity contribution in [3.63, 3.8) is 0 Å². The fourth-order valence-corrected chi connectivity index (χ4v) is 1.61. The predicted molar refractivity (Wildman–Crippen MR) is 77.6 cm³/mol. The molecule has 0 spiro atoms. The highest BCUT2D eigenvalue weighted by Gasteiger charge is 2.08. The second kappa shape index (κ2) is 6.47. The summed E-state index contributed by atoms with van der Waals surface area (Å²) in [6.45, 7) is 1.77. The number of carbonyl (C=O) groups is 2. The SMILES string of the molecule is CCC(=O)Nc1cccc(C(=O)Nc2ccccn2)c1. The van der Waals surface area contributed by atoms with E-state index in [0.29, 0.717) is 23.5 Å². The molecule has 0 saturated carbocycles. The van der Waals surface area contributed by atoms with Crippen molar-refractivity contribution >= 4 is 23.3 Å². The molecule has 1 aromatic heterocycles. The highest BCUT2D eigenvalue weighted by atomic mass is 16.2. The number of aromatic nitrogens is 1. The van der Waals surface area contributed by atoms with E-state index in [1.165, 1.54) is 0 Å². The summed E-state index contributed by atoms with van der Waals surface area (Å²) in [7, 11) is 0. The third-order valence-electron chi connectivity index (χ3n) is 2.64. The molecule has 5 heteroatoms. The van der Waals surface area contributed by atoms with E-state index in [-0.39, 0.29) is 11.8 Å². The smallest absolute Gasteiger partial charge is 0.256 e. The van der Waals surface area contributed by atoms with Gasteiger partial charge in [-0.05, 0) is 30.3 Å². The maximum atomic E-state index is 12.1. The largest absolute Gasteiger partial charge is 0.326 e. The van der Waals surface area contributed by atoms with Crippen LogP contribution in [0.1, 0.15) is 23.7 Å². The molecule has 0 unspecified atom stereocenters. The van der Waals surface area contributed by atoms with Crippen LogP contribution in [-0.2, 0) is 4.79 Å². The van der Waals surface area contributed by atoms with Crippen molar-refractivity contribution < 1.29 is 9.59 Å². The number of amides is 2. The first kappa shape index (κ1) is 13.7. The zero-order valence-electron chi connectivity index (χ0n) is 11.1. The Balaban J connectivity index is 2.10. The summed E-state index contributed by atoms with van der Waals surface area (Å²) < 4.78 is 0. The summed E-state index contributed by atoms with van der Waals surface area (Å²) in [4.78, 5) is 27.4. The Labute approximate surface area is 117 Å². The topological polar surface area (TPSA) is 71.1 Å². The fraction of sp³-hybridized carbons (Fsp3) is 0.133. The van der Waals surface area contributed by atoms with Gasteiger partial charge in [0.2, 0.25) is 5.91 Å². The van der Waals surface area contributed by atoms with Gasteiger partial charge < -0.3 is 10.6 Å². The number of anilines is 2. The average Bonchev–Trinajstić information content (AvgIpc) is 2.48. The predicted octanol–water partition coefficient (Wildman–Crippen LogP) is 2.68. The van der Waals surface area contributed by atoms with Crippen LogP contribution in [0.3, 0.4) is 0 Å². The highest BCUT2D eigenvalue weighted by Crippen LogP contribution is 2.12. The molecule has 1 aromatic carbocycles. The van der Waals surface area contributed by atoms with Crippen LogP contribution < -0.4 is 10.6 Å². The Morgan fingerprint density at radius 3 is 2.65 bits per heavy atom. The molecule has 1 heterocycles.